The van der Waals surface area contributed by atoms with Gasteiger partial charge in [-0.3, -0.25) is 9.59 Å². The Balaban J connectivity index is 1.58. The lowest BCUT2D eigenvalue weighted by atomic mass is 9.93. The van der Waals surface area contributed by atoms with Gasteiger partial charge >= 0.3 is 0 Å². The number of alkyl halides is 1. The first kappa shape index (κ1) is 23.1. The van der Waals surface area contributed by atoms with E-state index in [4.69, 9.17) is 0 Å². The predicted molar refractivity (Wildman–Crippen MR) is 137 cm³/mol. The molecule has 34 heavy (non-hydrogen) atoms. The molecule has 0 saturated carbocycles. The zero-order valence-corrected chi connectivity index (χ0v) is 20.9. The molecule has 3 heterocycles. The number of carbonyl (C=O) groups is 1. The van der Waals surface area contributed by atoms with Crippen molar-refractivity contribution in [2.45, 2.75) is 25.4 Å². The van der Waals surface area contributed by atoms with Crippen molar-refractivity contribution in [3.05, 3.63) is 74.6 Å². The Kier molecular flexibility index (Phi) is 5.79. The SMILES string of the molecule is Cc1cc2c(=O)[nH]c3c(c2cc1F)C(N(C)C(=O)c1cc2cc(P)c(C(F)P)cc2[nH]1)CNC3. The zero-order chi connectivity index (χ0) is 24.3. The number of nitrogens with zero attached hydrogens (tertiary/aromatic N) is 1. The topological polar surface area (TPSA) is 81.0 Å². The van der Waals surface area contributed by atoms with Gasteiger partial charge in [0.15, 0.2) is 0 Å². The van der Waals surface area contributed by atoms with Gasteiger partial charge in [0.2, 0.25) is 0 Å². The van der Waals surface area contributed by atoms with E-state index in [1.54, 1.807) is 37.1 Å². The Morgan fingerprint density at radius 1 is 1.18 bits per heavy atom. The Labute approximate surface area is 198 Å². The maximum absolute atomic E-state index is 14.5. The van der Waals surface area contributed by atoms with Crippen molar-refractivity contribution < 1.29 is 13.6 Å². The number of likely N-dealkylation sites (N-methyl/N-ethyl adjacent to an activating group) is 1. The number of benzene rings is 2. The molecule has 0 radical (unpaired) electrons. The summed E-state index contributed by atoms with van der Waals surface area (Å²) in [5, 5.41) is 5.66. The summed E-state index contributed by atoms with van der Waals surface area (Å²) < 4.78 is 28.4. The van der Waals surface area contributed by atoms with Crippen LogP contribution in [-0.2, 0) is 6.54 Å². The number of halogens is 2. The van der Waals surface area contributed by atoms with Gasteiger partial charge in [0.25, 0.3) is 11.5 Å². The van der Waals surface area contributed by atoms with Crippen LogP contribution in [0.2, 0.25) is 0 Å². The summed E-state index contributed by atoms with van der Waals surface area (Å²) in [6.07, 6.45) is 0. The molecule has 6 nitrogen and oxygen atoms in total. The Hall–Kier alpha value is -2.66. The number of fused-ring (bicyclic) bond motifs is 4. The van der Waals surface area contributed by atoms with Crippen molar-refractivity contribution in [2.24, 2.45) is 0 Å². The van der Waals surface area contributed by atoms with E-state index in [1.807, 2.05) is 6.07 Å². The summed E-state index contributed by atoms with van der Waals surface area (Å²) in [7, 11) is 6.34. The van der Waals surface area contributed by atoms with Crippen LogP contribution in [-0.4, -0.2) is 34.4 Å². The molecule has 0 fully saturated rings. The number of amides is 1. The van der Waals surface area contributed by atoms with E-state index in [1.165, 1.54) is 6.07 Å². The Morgan fingerprint density at radius 2 is 1.94 bits per heavy atom. The van der Waals surface area contributed by atoms with Crippen LogP contribution in [0.4, 0.5) is 8.78 Å². The number of aromatic nitrogens is 2. The molecule has 10 heteroatoms. The van der Waals surface area contributed by atoms with E-state index >= 15 is 0 Å². The number of aromatic amines is 2. The van der Waals surface area contributed by atoms with Crippen molar-refractivity contribution in [2.75, 3.05) is 13.6 Å². The Bertz CT molecular complexity index is 1530. The van der Waals surface area contributed by atoms with E-state index in [2.05, 4.69) is 33.8 Å². The molecule has 0 aliphatic carbocycles. The van der Waals surface area contributed by atoms with Crippen LogP contribution in [0.1, 0.15) is 44.8 Å². The minimum Gasteiger partial charge on any atom is -0.351 e. The number of pyridine rings is 1. The lowest BCUT2D eigenvalue weighted by Gasteiger charge is -2.34. The molecular formula is C24H24F2N4O2P2. The van der Waals surface area contributed by atoms with Crippen LogP contribution >= 0.6 is 18.5 Å². The second-order valence-corrected chi connectivity index (χ2v) is 9.92. The van der Waals surface area contributed by atoms with Crippen LogP contribution in [0.5, 0.6) is 0 Å². The highest BCUT2D eigenvalue weighted by Crippen LogP contribution is 2.33. The molecule has 1 aliphatic rings. The van der Waals surface area contributed by atoms with Crippen LogP contribution in [0.3, 0.4) is 0 Å². The van der Waals surface area contributed by atoms with Gasteiger partial charge in [-0.2, -0.15) is 0 Å². The van der Waals surface area contributed by atoms with Gasteiger partial charge in [0.1, 0.15) is 17.4 Å². The minimum absolute atomic E-state index is 0.266. The normalized spacial score (nSPS) is 16.6. The lowest BCUT2D eigenvalue weighted by molar-refractivity contribution is 0.0718. The molecule has 4 atom stereocenters. The fourth-order valence-corrected chi connectivity index (χ4v) is 5.62. The smallest absolute Gasteiger partial charge is 0.270 e. The molecule has 0 spiro atoms. The monoisotopic (exact) mass is 500 g/mol. The van der Waals surface area contributed by atoms with Gasteiger partial charge in [0, 0.05) is 47.7 Å². The van der Waals surface area contributed by atoms with Crippen LogP contribution < -0.4 is 16.2 Å². The molecule has 176 valence electrons. The lowest BCUT2D eigenvalue weighted by Crippen LogP contribution is -2.42. The number of aryl methyl sites for hydroxylation is 1. The average molecular weight is 500 g/mol. The van der Waals surface area contributed by atoms with Gasteiger partial charge in [0.05, 0.1) is 6.04 Å². The van der Waals surface area contributed by atoms with Crippen molar-refractivity contribution in [1.29, 1.82) is 0 Å². The van der Waals surface area contributed by atoms with Crippen LogP contribution in [0, 0.1) is 12.7 Å². The van der Waals surface area contributed by atoms with Gasteiger partial charge in [-0.05, 0) is 59.1 Å². The molecule has 4 aromatic rings. The molecule has 0 bridgehead atoms. The molecule has 0 saturated heterocycles. The molecule has 2 aromatic carbocycles. The van der Waals surface area contributed by atoms with E-state index < -0.39 is 17.8 Å². The van der Waals surface area contributed by atoms with E-state index in [9.17, 15) is 18.4 Å². The van der Waals surface area contributed by atoms with Gasteiger partial charge in [-0.1, -0.05) is 9.24 Å². The summed E-state index contributed by atoms with van der Waals surface area (Å²) in [6.45, 7) is 2.48. The maximum atomic E-state index is 14.5. The number of carbonyl (C=O) groups excluding carboxylic acids is 1. The van der Waals surface area contributed by atoms with Gasteiger partial charge in [-0.15, -0.1) is 9.24 Å². The highest BCUT2D eigenvalue weighted by atomic mass is 31.0. The highest BCUT2D eigenvalue weighted by molar-refractivity contribution is 7.28. The van der Waals surface area contributed by atoms with Crippen molar-refractivity contribution in [3.63, 3.8) is 0 Å². The van der Waals surface area contributed by atoms with Crippen LogP contribution in [0.15, 0.2) is 35.1 Å². The summed E-state index contributed by atoms with van der Waals surface area (Å²) in [4.78, 5) is 33.7. The van der Waals surface area contributed by atoms with E-state index in [0.717, 1.165) is 16.3 Å². The van der Waals surface area contributed by atoms with Gasteiger partial charge < -0.3 is 20.2 Å². The average Bonchev–Trinajstić information content (AvgIpc) is 3.21. The third kappa shape index (κ3) is 3.74. The molecular weight excluding hydrogens is 476 g/mol. The summed E-state index contributed by atoms with van der Waals surface area (Å²) in [5.74, 6) is -1.88. The zero-order valence-electron chi connectivity index (χ0n) is 18.6. The Morgan fingerprint density at radius 3 is 2.68 bits per heavy atom. The number of rotatable bonds is 3. The predicted octanol–water partition coefficient (Wildman–Crippen LogP) is 3.72. The van der Waals surface area contributed by atoms with Crippen molar-refractivity contribution in [1.82, 2.24) is 20.2 Å². The molecule has 2 aromatic heterocycles. The molecule has 1 amide bonds. The maximum Gasteiger partial charge on any atom is 0.270 e. The largest absolute Gasteiger partial charge is 0.351 e. The summed E-state index contributed by atoms with van der Waals surface area (Å²) in [5.41, 5.74) is 3.01. The second-order valence-electron chi connectivity index (χ2n) is 8.71. The number of H-pyrrole nitrogens is 2. The molecule has 1 aliphatic heterocycles. The number of nitrogens with one attached hydrogen (secondary N) is 3. The van der Waals surface area contributed by atoms with E-state index in [-0.39, 0.29) is 11.5 Å². The summed E-state index contributed by atoms with van der Waals surface area (Å²) in [6, 6.07) is 7.76. The number of hydrogen-bond donors (Lipinski definition) is 3. The van der Waals surface area contributed by atoms with E-state index in [0.29, 0.717) is 51.9 Å². The quantitative estimate of drug-likeness (QED) is 0.375. The van der Waals surface area contributed by atoms with Crippen molar-refractivity contribution >= 4 is 51.4 Å². The number of hydrogen-bond acceptors (Lipinski definition) is 3. The molecule has 4 unspecified atom stereocenters. The fraction of sp³-hybridized carbons (Fsp3) is 0.250. The molecule has 5 rings (SSSR count). The third-order valence-corrected chi connectivity index (χ3v) is 7.39. The minimum atomic E-state index is -1.22. The first-order valence-electron chi connectivity index (χ1n) is 10.8. The molecule has 3 N–H and O–H groups in total. The second kappa shape index (κ2) is 8.53. The highest BCUT2D eigenvalue weighted by Gasteiger charge is 2.31. The van der Waals surface area contributed by atoms with Crippen LogP contribution in [0.25, 0.3) is 21.7 Å². The third-order valence-electron chi connectivity index (χ3n) is 6.54. The first-order chi connectivity index (χ1) is 16.2. The van der Waals surface area contributed by atoms with Gasteiger partial charge in [-0.25, -0.2) is 8.78 Å². The van der Waals surface area contributed by atoms with Crippen molar-refractivity contribution in [3.8, 4) is 0 Å². The first-order valence-corrected chi connectivity index (χ1v) is 12.0. The standard InChI is InChI=1S/C24H24F2N4O2P2/c1-10-3-13-12(6-15(10)25)21-18(29-23(13)31)8-27-9-19(21)30(2)24(32)17-4-11-5-20(33)14(22(26)34)7-16(11)28-17/h3-7,19,22,27-28H,8-9,33-34H2,1-2H3,(H,29,31). The summed E-state index contributed by atoms with van der Waals surface area (Å²) >= 11 is 0. The fourth-order valence-electron chi connectivity index (χ4n) is 4.71.